The average Bonchev–Trinajstić information content (AvgIpc) is 3.45. The van der Waals surface area contributed by atoms with Crippen LogP contribution in [0.4, 0.5) is 11.4 Å². The Morgan fingerprint density at radius 2 is 1.69 bits per heavy atom. The summed E-state index contributed by atoms with van der Waals surface area (Å²) in [4.78, 5) is 30.3. The summed E-state index contributed by atoms with van der Waals surface area (Å²) in [5.74, 6) is 1.40. The molecule has 8 heteroatoms. The van der Waals surface area contributed by atoms with Crippen molar-refractivity contribution in [2.45, 2.75) is 13.3 Å². The van der Waals surface area contributed by atoms with Crippen LogP contribution in [0.25, 0.3) is 10.8 Å². The van der Waals surface area contributed by atoms with E-state index in [1.807, 2.05) is 17.5 Å². The maximum atomic E-state index is 12.5. The molecule has 2 amide bonds. The summed E-state index contributed by atoms with van der Waals surface area (Å²) < 4.78 is 10.8. The lowest BCUT2D eigenvalue weighted by molar-refractivity contribution is -0.115. The minimum absolute atomic E-state index is 0.0976. The summed E-state index contributed by atoms with van der Waals surface area (Å²) in [5, 5.41) is 7.60. The Morgan fingerprint density at radius 3 is 2.34 bits per heavy atom. The lowest BCUT2D eigenvalue weighted by atomic mass is 10.1. The number of carbonyl (C=O) groups excluding carboxylic acids is 2. The third-order valence-electron chi connectivity index (χ3n) is 4.73. The molecule has 0 saturated heterocycles. The summed E-state index contributed by atoms with van der Waals surface area (Å²) in [6.07, 6.45) is 0.0976. The van der Waals surface area contributed by atoms with E-state index in [1.54, 1.807) is 62.6 Å². The van der Waals surface area contributed by atoms with Crippen molar-refractivity contribution in [3.8, 4) is 16.5 Å². The number of amides is 2. The lowest BCUT2D eigenvalue weighted by Crippen LogP contribution is -2.16. The van der Waals surface area contributed by atoms with Gasteiger partial charge in [-0.2, -0.15) is 0 Å². The molecule has 0 aliphatic heterocycles. The van der Waals surface area contributed by atoms with E-state index in [9.17, 15) is 9.59 Å². The van der Waals surface area contributed by atoms with Crippen LogP contribution in [0, 0.1) is 6.92 Å². The first-order chi connectivity index (χ1) is 15.5. The van der Waals surface area contributed by atoms with Crippen molar-refractivity contribution in [3.05, 3.63) is 83.1 Å². The van der Waals surface area contributed by atoms with E-state index < -0.39 is 0 Å². The molecular weight excluding hydrogens is 426 g/mol. The molecule has 4 aromatic rings. The van der Waals surface area contributed by atoms with Gasteiger partial charge in [0.05, 0.1) is 24.1 Å². The van der Waals surface area contributed by atoms with E-state index in [2.05, 4.69) is 15.6 Å². The van der Waals surface area contributed by atoms with Gasteiger partial charge < -0.3 is 19.8 Å². The number of anilines is 2. The number of hydrogen-bond donors (Lipinski definition) is 2. The monoisotopic (exact) mass is 447 g/mol. The normalized spacial score (nSPS) is 10.6. The first-order valence-corrected chi connectivity index (χ1v) is 10.8. The van der Waals surface area contributed by atoms with E-state index in [-0.39, 0.29) is 18.2 Å². The van der Waals surface area contributed by atoms with Crippen LogP contribution in [0.15, 0.2) is 70.5 Å². The Morgan fingerprint density at radius 1 is 1.00 bits per heavy atom. The van der Waals surface area contributed by atoms with Gasteiger partial charge in [0, 0.05) is 16.9 Å². The highest BCUT2D eigenvalue weighted by Gasteiger charge is 2.15. The van der Waals surface area contributed by atoms with Gasteiger partial charge in [0.25, 0.3) is 5.91 Å². The number of benzene rings is 2. The van der Waals surface area contributed by atoms with Crippen LogP contribution in [0.3, 0.4) is 0 Å². The van der Waals surface area contributed by atoms with Crippen LogP contribution in [0.1, 0.15) is 21.8 Å². The van der Waals surface area contributed by atoms with Crippen LogP contribution in [0.2, 0.25) is 0 Å². The summed E-state index contributed by atoms with van der Waals surface area (Å²) in [7, 11) is 1.59. The molecule has 2 aromatic carbocycles. The molecule has 4 rings (SSSR count). The summed E-state index contributed by atoms with van der Waals surface area (Å²) in [5.41, 5.74) is 2.34. The van der Waals surface area contributed by atoms with Crippen molar-refractivity contribution in [1.82, 2.24) is 4.98 Å². The second-order valence-corrected chi connectivity index (χ2v) is 7.93. The maximum absolute atomic E-state index is 12.5. The number of rotatable bonds is 7. The summed E-state index contributed by atoms with van der Waals surface area (Å²) in [6.45, 7) is 1.79. The molecule has 32 heavy (non-hydrogen) atoms. The Hall–Kier alpha value is -3.91. The molecule has 0 aliphatic carbocycles. The molecule has 7 nitrogen and oxygen atoms in total. The lowest BCUT2D eigenvalue weighted by Gasteiger charge is -2.08. The number of oxazole rings is 1. The highest BCUT2D eigenvalue weighted by atomic mass is 32.1. The maximum Gasteiger partial charge on any atom is 0.255 e. The minimum Gasteiger partial charge on any atom is -0.497 e. The predicted molar refractivity (Wildman–Crippen MR) is 124 cm³/mol. The largest absolute Gasteiger partial charge is 0.497 e. The topological polar surface area (TPSA) is 93.5 Å². The number of nitrogens with one attached hydrogen (secondary N) is 2. The standard InChI is InChI=1S/C24H21N3O4S/c1-15-20(27-24(31-15)21-4-3-13-32-21)14-22(28)25-17-7-5-16(6-8-17)23(29)26-18-9-11-19(30-2)12-10-18/h3-13H,14H2,1-2H3,(H,25,28)(H,26,29). The number of thiophene rings is 1. The molecule has 0 saturated carbocycles. The van der Waals surface area contributed by atoms with Gasteiger partial charge in [-0.3, -0.25) is 9.59 Å². The second-order valence-electron chi connectivity index (χ2n) is 6.98. The molecule has 0 unspecified atom stereocenters. The average molecular weight is 448 g/mol. The van der Waals surface area contributed by atoms with Gasteiger partial charge >= 0.3 is 0 Å². The van der Waals surface area contributed by atoms with Crippen molar-refractivity contribution in [2.75, 3.05) is 17.7 Å². The van der Waals surface area contributed by atoms with Gasteiger partial charge in [-0.15, -0.1) is 11.3 Å². The molecule has 2 heterocycles. The van der Waals surface area contributed by atoms with Gasteiger partial charge in [-0.1, -0.05) is 6.07 Å². The number of hydrogen-bond acceptors (Lipinski definition) is 6. The van der Waals surface area contributed by atoms with Crippen molar-refractivity contribution in [1.29, 1.82) is 0 Å². The van der Waals surface area contributed by atoms with Crippen molar-refractivity contribution < 1.29 is 18.7 Å². The molecule has 2 aromatic heterocycles. The first-order valence-electron chi connectivity index (χ1n) is 9.87. The summed E-state index contributed by atoms with van der Waals surface area (Å²) >= 11 is 1.53. The molecule has 2 N–H and O–H groups in total. The third-order valence-corrected chi connectivity index (χ3v) is 5.59. The van der Waals surface area contributed by atoms with E-state index >= 15 is 0 Å². The summed E-state index contributed by atoms with van der Waals surface area (Å²) in [6, 6.07) is 17.6. The Bertz CT molecular complexity index is 1210. The zero-order chi connectivity index (χ0) is 22.5. The number of aryl methyl sites for hydroxylation is 1. The highest BCUT2D eigenvalue weighted by Crippen LogP contribution is 2.26. The Balaban J connectivity index is 1.35. The Labute approximate surface area is 189 Å². The third kappa shape index (κ3) is 5.04. The number of methoxy groups -OCH3 is 1. The minimum atomic E-state index is -0.243. The first kappa shape index (κ1) is 21.3. The number of nitrogens with zero attached hydrogens (tertiary/aromatic N) is 1. The van der Waals surface area contributed by atoms with Crippen LogP contribution in [-0.2, 0) is 11.2 Å². The fourth-order valence-electron chi connectivity index (χ4n) is 3.04. The van der Waals surface area contributed by atoms with E-state index in [1.165, 1.54) is 11.3 Å². The zero-order valence-corrected chi connectivity index (χ0v) is 18.4. The van der Waals surface area contributed by atoms with Gasteiger partial charge in [0.2, 0.25) is 11.8 Å². The molecule has 0 aliphatic rings. The zero-order valence-electron chi connectivity index (χ0n) is 17.5. The second kappa shape index (κ2) is 9.49. The van der Waals surface area contributed by atoms with Crippen LogP contribution in [-0.4, -0.2) is 23.9 Å². The van der Waals surface area contributed by atoms with Gasteiger partial charge in [0.15, 0.2) is 0 Å². The van der Waals surface area contributed by atoms with E-state index in [4.69, 9.17) is 9.15 Å². The fraction of sp³-hybridized carbons (Fsp3) is 0.125. The van der Waals surface area contributed by atoms with Crippen LogP contribution < -0.4 is 15.4 Å². The quantitative estimate of drug-likeness (QED) is 0.408. The molecule has 0 fully saturated rings. The smallest absolute Gasteiger partial charge is 0.255 e. The number of ether oxygens (including phenoxy) is 1. The fourth-order valence-corrected chi connectivity index (χ4v) is 3.69. The molecular formula is C24H21N3O4S. The molecule has 0 atom stereocenters. The highest BCUT2D eigenvalue weighted by molar-refractivity contribution is 7.13. The van der Waals surface area contributed by atoms with Crippen LogP contribution >= 0.6 is 11.3 Å². The van der Waals surface area contributed by atoms with Crippen molar-refractivity contribution in [3.63, 3.8) is 0 Å². The molecule has 0 radical (unpaired) electrons. The van der Waals surface area contributed by atoms with Crippen molar-refractivity contribution in [2.24, 2.45) is 0 Å². The number of carbonyl (C=O) groups is 2. The number of aromatic nitrogens is 1. The van der Waals surface area contributed by atoms with Gasteiger partial charge in [0.1, 0.15) is 11.5 Å². The molecule has 0 spiro atoms. The van der Waals surface area contributed by atoms with Gasteiger partial charge in [-0.05, 0) is 66.9 Å². The Kier molecular flexibility index (Phi) is 6.32. The van der Waals surface area contributed by atoms with E-state index in [0.29, 0.717) is 40.0 Å². The van der Waals surface area contributed by atoms with Gasteiger partial charge in [-0.25, -0.2) is 4.98 Å². The molecule has 0 bridgehead atoms. The van der Waals surface area contributed by atoms with Crippen LogP contribution in [0.5, 0.6) is 5.75 Å². The molecule has 162 valence electrons. The van der Waals surface area contributed by atoms with E-state index in [0.717, 1.165) is 4.88 Å². The predicted octanol–water partition coefficient (Wildman–Crippen LogP) is 5.15. The van der Waals surface area contributed by atoms with Crippen molar-refractivity contribution >= 4 is 34.5 Å². The SMILES string of the molecule is COc1ccc(NC(=O)c2ccc(NC(=O)Cc3nc(-c4cccs4)oc3C)cc2)cc1.